The normalized spacial score (nSPS) is 19.3. The number of carbonyl (C=O) groups excluding carboxylic acids is 1. The molecule has 11 nitrogen and oxygen atoms in total. The second kappa shape index (κ2) is 11.6. The highest BCUT2D eigenvalue weighted by Crippen LogP contribution is 2.44. The standard InChI is InChI=1S/C36H38N8O3/c1-5-33(45)39-28-12-29(32(46-4)13-31(28)43-18-22-16-42(3)17-23(22)19-43)40-36-38-15-26(35-37-14-21(2)47-35)34(41-36)27-20-44(24-10-11-24)30-9-7-6-8-25(27)30/h5-9,12-15,20,22-24H,1,10-11,16-19H2,2-4H3,(H,39,45)(H,38,40,41). The zero-order valence-corrected chi connectivity index (χ0v) is 26.9. The Kier molecular flexibility index (Phi) is 7.20. The van der Waals surface area contributed by atoms with E-state index in [1.165, 1.54) is 11.6 Å². The van der Waals surface area contributed by atoms with Crippen LogP contribution in [0.3, 0.4) is 0 Å². The van der Waals surface area contributed by atoms with E-state index in [9.17, 15) is 4.79 Å². The average Bonchev–Trinajstić information content (AvgIpc) is 3.34. The smallest absolute Gasteiger partial charge is 0.247 e. The van der Waals surface area contributed by atoms with Gasteiger partial charge < -0.3 is 34.2 Å². The van der Waals surface area contributed by atoms with Gasteiger partial charge in [-0.1, -0.05) is 24.8 Å². The van der Waals surface area contributed by atoms with Gasteiger partial charge in [-0.25, -0.2) is 15.0 Å². The minimum absolute atomic E-state index is 0.280. The molecule has 2 atom stereocenters. The molecule has 2 aromatic carbocycles. The molecule has 11 heteroatoms. The fourth-order valence-electron chi connectivity index (χ4n) is 7.26. The topological polar surface area (TPSA) is 114 Å². The molecule has 5 aromatic rings. The molecule has 2 unspecified atom stereocenters. The number of aryl methyl sites for hydroxylation is 1. The number of benzene rings is 2. The zero-order chi connectivity index (χ0) is 32.2. The second-order valence-electron chi connectivity index (χ2n) is 13.0. The molecule has 1 saturated carbocycles. The van der Waals surface area contributed by atoms with Crippen molar-refractivity contribution in [2.24, 2.45) is 11.8 Å². The van der Waals surface area contributed by atoms with Gasteiger partial charge in [-0.2, -0.15) is 0 Å². The van der Waals surface area contributed by atoms with Gasteiger partial charge >= 0.3 is 0 Å². The maximum absolute atomic E-state index is 12.6. The van der Waals surface area contributed by atoms with Gasteiger partial charge in [-0.15, -0.1) is 0 Å². The number of ether oxygens (including phenoxy) is 1. The number of hydrogen-bond donors (Lipinski definition) is 2. The Labute approximate surface area is 273 Å². The SMILES string of the molecule is C=CC(=O)Nc1cc(Nc2ncc(-c3ncc(C)o3)c(-c3cn(C4CC4)c4ccccc34)n2)c(OC)cc1N1CC2CN(C)CC2C1. The van der Waals surface area contributed by atoms with E-state index in [0.29, 0.717) is 63.9 Å². The van der Waals surface area contributed by atoms with Crippen LogP contribution in [-0.2, 0) is 4.79 Å². The monoisotopic (exact) mass is 630 g/mol. The van der Waals surface area contributed by atoms with Crippen LogP contribution in [0.5, 0.6) is 5.75 Å². The minimum atomic E-state index is -0.280. The molecule has 0 bridgehead atoms. The van der Waals surface area contributed by atoms with Crippen LogP contribution in [0.4, 0.5) is 23.0 Å². The number of aromatic nitrogens is 4. The molecule has 0 spiro atoms. The number of nitrogens with one attached hydrogen (secondary N) is 2. The van der Waals surface area contributed by atoms with Crippen molar-refractivity contribution in [1.29, 1.82) is 0 Å². The van der Waals surface area contributed by atoms with Gasteiger partial charge in [0.15, 0.2) is 0 Å². The van der Waals surface area contributed by atoms with Crippen molar-refractivity contribution in [2.75, 3.05) is 55.9 Å². The first-order valence-corrected chi connectivity index (χ1v) is 16.1. The first kappa shape index (κ1) is 29.3. The van der Waals surface area contributed by atoms with Gasteiger partial charge in [0, 0.05) is 67.1 Å². The van der Waals surface area contributed by atoms with Crippen molar-refractivity contribution in [3.8, 4) is 28.5 Å². The Morgan fingerprint density at radius 2 is 1.83 bits per heavy atom. The quantitative estimate of drug-likeness (QED) is 0.182. The maximum atomic E-state index is 12.6. The van der Waals surface area contributed by atoms with E-state index < -0.39 is 0 Å². The van der Waals surface area contributed by atoms with E-state index in [1.807, 2.05) is 19.1 Å². The summed E-state index contributed by atoms with van der Waals surface area (Å²) in [6.45, 7) is 9.54. The average molecular weight is 631 g/mol. The Bertz CT molecular complexity index is 2000. The van der Waals surface area contributed by atoms with Gasteiger partial charge in [0.05, 0.1) is 41.6 Å². The zero-order valence-electron chi connectivity index (χ0n) is 26.9. The number of anilines is 4. The Hall–Kier alpha value is -5.16. The summed E-state index contributed by atoms with van der Waals surface area (Å²) >= 11 is 0. The molecule has 3 fully saturated rings. The van der Waals surface area contributed by atoms with Crippen molar-refractivity contribution in [3.63, 3.8) is 0 Å². The van der Waals surface area contributed by atoms with Crippen molar-refractivity contribution in [3.05, 3.63) is 73.4 Å². The van der Waals surface area contributed by atoms with Crippen LogP contribution in [0.1, 0.15) is 24.6 Å². The van der Waals surface area contributed by atoms with Gasteiger partial charge in [0.2, 0.25) is 17.7 Å². The van der Waals surface area contributed by atoms with E-state index in [0.717, 1.165) is 55.7 Å². The third-order valence-electron chi connectivity index (χ3n) is 9.59. The molecule has 1 aliphatic carbocycles. The van der Waals surface area contributed by atoms with Gasteiger partial charge in [-0.3, -0.25) is 4.79 Å². The lowest BCUT2D eigenvalue weighted by atomic mass is 10.0. The summed E-state index contributed by atoms with van der Waals surface area (Å²) in [7, 11) is 3.83. The fourth-order valence-corrected chi connectivity index (χ4v) is 7.26. The molecule has 2 aliphatic heterocycles. The number of hydrogen-bond acceptors (Lipinski definition) is 9. The van der Waals surface area contributed by atoms with Crippen LogP contribution in [0, 0.1) is 18.8 Å². The molecule has 5 heterocycles. The molecule has 2 saturated heterocycles. The van der Waals surface area contributed by atoms with E-state index >= 15 is 0 Å². The molecule has 2 N–H and O–H groups in total. The lowest BCUT2D eigenvalue weighted by Gasteiger charge is -2.26. The lowest BCUT2D eigenvalue weighted by Crippen LogP contribution is -2.27. The van der Waals surface area contributed by atoms with Crippen LogP contribution in [0.2, 0.25) is 0 Å². The van der Waals surface area contributed by atoms with Crippen molar-refractivity contribution >= 4 is 39.8 Å². The number of carbonyl (C=O) groups is 1. The highest BCUT2D eigenvalue weighted by Gasteiger charge is 2.39. The number of nitrogens with zero attached hydrogens (tertiary/aromatic N) is 6. The summed E-state index contributed by atoms with van der Waals surface area (Å²) < 4.78 is 14.2. The number of likely N-dealkylation sites (tertiary alicyclic amines) is 1. The molecular weight excluding hydrogens is 592 g/mol. The molecule has 3 aliphatic rings. The first-order valence-electron chi connectivity index (χ1n) is 16.1. The van der Waals surface area contributed by atoms with E-state index in [-0.39, 0.29) is 5.91 Å². The third kappa shape index (κ3) is 5.40. The second-order valence-corrected chi connectivity index (χ2v) is 13.0. The predicted molar refractivity (Wildman–Crippen MR) is 183 cm³/mol. The summed E-state index contributed by atoms with van der Waals surface area (Å²) in [6, 6.07) is 12.8. The fraction of sp³-hybridized carbons (Fsp3) is 0.333. The molecule has 240 valence electrons. The lowest BCUT2D eigenvalue weighted by molar-refractivity contribution is -0.111. The number of fused-ring (bicyclic) bond motifs is 2. The summed E-state index contributed by atoms with van der Waals surface area (Å²) in [5.74, 6) is 3.07. The van der Waals surface area contributed by atoms with E-state index in [4.69, 9.17) is 19.1 Å². The summed E-state index contributed by atoms with van der Waals surface area (Å²) in [5.41, 5.74) is 5.79. The largest absolute Gasteiger partial charge is 0.494 e. The highest BCUT2D eigenvalue weighted by atomic mass is 16.5. The highest BCUT2D eigenvalue weighted by molar-refractivity contribution is 6.02. The Balaban J connectivity index is 1.20. The van der Waals surface area contributed by atoms with E-state index in [2.05, 4.69) is 74.1 Å². The van der Waals surface area contributed by atoms with Gasteiger partial charge in [0.25, 0.3) is 0 Å². The first-order chi connectivity index (χ1) is 22.9. The predicted octanol–water partition coefficient (Wildman–Crippen LogP) is 6.27. The van der Waals surface area contributed by atoms with Gasteiger partial charge in [-0.05, 0) is 56.9 Å². The molecule has 8 rings (SSSR count). The summed E-state index contributed by atoms with van der Waals surface area (Å²) in [6.07, 6.45) is 9.25. The Morgan fingerprint density at radius 1 is 1.04 bits per heavy atom. The number of oxazole rings is 1. The number of methoxy groups -OCH3 is 1. The van der Waals surface area contributed by atoms with Crippen molar-refractivity contribution in [2.45, 2.75) is 25.8 Å². The summed E-state index contributed by atoms with van der Waals surface area (Å²) in [5, 5.41) is 7.53. The van der Waals surface area contributed by atoms with Gasteiger partial charge in [0.1, 0.15) is 11.5 Å². The van der Waals surface area contributed by atoms with Crippen LogP contribution < -0.4 is 20.3 Å². The van der Waals surface area contributed by atoms with E-state index in [1.54, 1.807) is 19.5 Å². The van der Waals surface area contributed by atoms with Crippen molar-refractivity contribution in [1.82, 2.24) is 24.4 Å². The van der Waals surface area contributed by atoms with Crippen LogP contribution in [-0.4, -0.2) is 70.7 Å². The number of amides is 1. The third-order valence-corrected chi connectivity index (χ3v) is 9.59. The minimum Gasteiger partial charge on any atom is -0.494 e. The van der Waals surface area contributed by atoms with Crippen LogP contribution in [0.15, 0.2) is 72.1 Å². The number of rotatable bonds is 9. The maximum Gasteiger partial charge on any atom is 0.247 e. The molecule has 0 radical (unpaired) electrons. The molecule has 3 aromatic heterocycles. The molecule has 47 heavy (non-hydrogen) atoms. The number of para-hydroxylation sites is 1. The van der Waals surface area contributed by atoms with Crippen LogP contribution in [0.25, 0.3) is 33.6 Å². The molecule has 1 amide bonds. The molecular formula is C36H38N8O3. The summed E-state index contributed by atoms with van der Waals surface area (Å²) in [4.78, 5) is 31.7. The Morgan fingerprint density at radius 3 is 2.53 bits per heavy atom. The van der Waals surface area contributed by atoms with Crippen LogP contribution >= 0.6 is 0 Å². The van der Waals surface area contributed by atoms with Crippen molar-refractivity contribution < 1.29 is 13.9 Å².